The van der Waals surface area contributed by atoms with E-state index in [0.29, 0.717) is 28.5 Å². The third-order valence-corrected chi connectivity index (χ3v) is 10.2. The van der Waals surface area contributed by atoms with Crippen LogP contribution in [0.3, 0.4) is 0 Å². The van der Waals surface area contributed by atoms with Crippen LogP contribution in [0.25, 0.3) is 0 Å². The Bertz CT molecular complexity index is 1200. The van der Waals surface area contributed by atoms with Gasteiger partial charge in [-0.1, -0.05) is 62.8 Å². The van der Waals surface area contributed by atoms with Gasteiger partial charge in [0.2, 0.25) is 0 Å². The molecule has 1 aromatic rings. The van der Waals surface area contributed by atoms with Crippen molar-refractivity contribution in [2.75, 3.05) is 6.61 Å². The number of ether oxygens (including phenoxy) is 1. The molecule has 4 aliphatic rings. The molecule has 0 heterocycles. The van der Waals surface area contributed by atoms with E-state index in [-0.39, 0.29) is 23.9 Å². The third kappa shape index (κ3) is 3.03. The van der Waals surface area contributed by atoms with Gasteiger partial charge in [-0.2, -0.15) is 0 Å². The van der Waals surface area contributed by atoms with Crippen LogP contribution in [0.1, 0.15) is 61.2 Å². The second-order valence-electron chi connectivity index (χ2n) is 12.6. The molecule has 2 saturated carbocycles. The highest BCUT2D eigenvalue weighted by molar-refractivity contribution is 5.93. The molecule has 1 spiro atoms. The maximum Gasteiger partial charge on any atom is 0.339 e. The van der Waals surface area contributed by atoms with E-state index in [1.165, 1.54) is 0 Å². The number of carbonyl (C=O) groups excluding carboxylic acids is 1. The minimum Gasteiger partial charge on any atom is -0.451 e. The Morgan fingerprint density at radius 2 is 1.78 bits per heavy atom. The molecule has 194 valence electrons. The summed E-state index contributed by atoms with van der Waals surface area (Å²) in [5.74, 6) is 0.137. The number of esters is 1. The number of hydrogen-bond acceptors (Lipinski definition) is 5. The van der Waals surface area contributed by atoms with Crippen molar-refractivity contribution in [3.63, 3.8) is 0 Å². The second-order valence-corrected chi connectivity index (χ2v) is 12.6. The molecule has 2 fully saturated rings. The van der Waals surface area contributed by atoms with E-state index < -0.39 is 29.2 Å². The first kappa shape index (κ1) is 25.4. The Balaban J connectivity index is 1.64. The van der Waals surface area contributed by atoms with Crippen molar-refractivity contribution >= 4 is 5.97 Å². The normalized spacial score (nSPS) is 40.3. The zero-order valence-corrected chi connectivity index (χ0v) is 22.6. The summed E-state index contributed by atoms with van der Waals surface area (Å²) >= 11 is 0. The van der Waals surface area contributed by atoms with Crippen molar-refractivity contribution in [2.24, 2.45) is 34.5 Å². The summed E-state index contributed by atoms with van der Waals surface area (Å²) in [6.07, 6.45) is 2.35. The van der Waals surface area contributed by atoms with Crippen LogP contribution in [-0.2, 0) is 4.74 Å². The summed E-state index contributed by atoms with van der Waals surface area (Å²) in [6.45, 7) is 18.4. The van der Waals surface area contributed by atoms with Crippen LogP contribution in [0, 0.1) is 55.3 Å². The molecular formula is C31H40O5. The van der Waals surface area contributed by atoms with Crippen molar-refractivity contribution in [1.29, 1.82) is 0 Å². The van der Waals surface area contributed by atoms with Crippen molar-refractivity contribution in [1.82, 2.24) is 0 Å². The molecule has 0 aromatic heterocycles. The Hall–Kier alpha value is -2.21. The second kappa shape index (κ2) is 7.89. The highest BCUT2D eigenvalue weighted by Crippen LogP contribution is 2.74. The fourth-order valence-corrected chi connectivity index (χ4v) is 8.50. The van der Waals surface area contributed by atoms with Gasteiger partial charge in [0.15, 0.2) is 6.10 Å². The number of aliphatic hydroxyl groups excluding tert-OH is 2. The zero-order chi connectivity index (χ0) is 26.5. The van der Waals surface area contributed by atoms with Gasteiger partial charge < -0.3 is 20.1 Å². The zero-order valence-electron chi connectivity index (χ0n) is 22.6. The standard InChI is InChI=1S/C31H40O5/c1-15-9-16(2)24(17(3)10-15)28(34)36-27-18(4)13-30-19(5)11-23-25(29(23,7)8)22(20(30)6)12-21(14-32)26(33)31(27,30)35/h9-10,12-13,19,22-23,25-27,32-33,35H,6,11,14H2,1-5,7-8H3/t19-,22?,23-,25+,26?,27?,30?,31?/m1/s1. The summed E-state index contributed by atoms with van der Waals surface area (Å²) in [4.78, 5) is 13.6. The summed E-state index contributed by atoms with van der Waals surface area (Å²) in [5.41, 5.74) is 2.34. The van der Waals surface area contributed by atoms with Crippen molar-refractivity contribution in [3.8, 4) is 0 Å². The van der Waals surface area contributed by atoms with E-state index >= 15 is 0 Å². The van der Waals surface area contributed by atoms with E-state index in [9.17, 15) is 20.1 Å². The van der Waals surface area contributed by atoms with Crippen molar-refractivity contribution < 1.29 is 24.9 Å². The SMILES string of the molecule is C=C1C2C=C(CO)C(O)C3(O)C(OC(=O)c4c(C)cc(C)cc4C)C(C)=CC13[C@H](C)C[C@@H]1[C@H]2C1(C)C. The molecule has 0 radical (unpaired) electrons. The largest absolute Gasteiger partial charge is 0.451 e. The molecule has 0 amide bonds. The predicted molar refractivity (Wildman–Crippen MR) is 139 cm³/mol. The first-order valence-electron chi connectivity index (χ1n) is 13.1. The van der Waals surface area contributed by atoms with Gasteiger partial charge in [-0.05, 0) is 79.6 Å². The molecule has 1 aromatic carbocycles. The minimum absolute atomic E-state index is 0.0446. The highest BCUT2D eigenvalue weighted by Gasteiger charge is 2.74. The molecule has 0 saturated heterocycles. The fraction of sp³-hybridized carbons (Fsp3) is 0.581. The first-order valence-corrected chi connectivity index (χ1v) is 13.1. The highest BCUT2D eigenvalue weighted by atomic mass is 16.6. The van der Waals surface area contributed by atoms with Gasteiger partial charge in [0.25, 0.3) is 0 Å². The molecule has 2 bridgehead atoms. The lowest BCUT2D eigenvalue weighted by Gasteiger charge is -2.51. The molecular weight excluding hydrogens is 452 g/mol. The van der Waals surface area contributed by atoms with Gasteiger partial charge in [-0.15, -0.1) is 0 Å². The lowest BCUT2D eigenvalue weighted by molar-refractivity contribution is -0.174. The van der Waals surface area contributed by atoms with Crippen LogP contribution < -0.4 is 0 Å². The Morgan fingerprint density at radius 1 is 1.17 bits per heavy atom. The van der Waals surface area contributed by atoms with E-state index in [2.05, 4.69) is 27.4 Å². The fourth-order valence-electron chi connectivity index (χ4n) is 8.50. The summed E-state index contributed by atoms with van der Waals surface area (Å²) in [7, 11) is 0. The molecule has 3 N–H and O–H groups in total. The number of rotatable bonds is 3. The monoisotopic (exact) mass is 492 g/mol. The number of hydrogen-bond donors (Lipinski definition) is 3. The number of aryl methyl sites for hydroxylation is 3. The van der Waals surface area contributed by atoms with Crippen LogP contribution in [0.2, 0.25) is 0 Å². The maximum absolute atomic E-state index is 13.6. The lowest BCUT2D eigenvalue weighted by atomic mass is 9.57. The van der Waals surface area contributed by atoms with Gasteiger partial charge in [0.1, 0.15) is 11.7 Å². The average molecular weight is 493 g/mol. The van der Waals surface area contributed by atoms with Crippen LogP contribution in [0.4, 0.5) is 0 Å². The molecule has 4 aliphatic carbocycles. The van der Waals surface area contributed by atoms with Crippen LogP contribution in [0.5, 0.6) is 0 Å². The van der Waals surface area contributed by atoms with E-state index in [4.69, 9.17) is 4.74 Å². The third-order valence-electron chi connectivity index (χ3n) is 10.2. The number of fused-ring (bicyclic) bond motifs is 3. The molecule has 8 atom stereocenters. The Morgan fingerprint density at radius 3 is 2.36 bits per heavy atom. The number of aliphatic hydroxyl groups is 3. The van der Waals surface area contributed by atoms with Crippen molar-refractivity contribution in [2.45, 2.75) is 72.7 Å². The van der Waals surface area contributed by atoms with Gasteiger partial charge in [0.05, 0.1) is 12.2 Å². The lowest BCUT2D eigenvalue weighted by Crippen LogP contribution is -2.63. The van der Waals surface area contributed by atoms with Gasteiger partial charge >= 0.3 is 5.97 Å². The maximum atomic E-state index is 13.6. The van der Waals surface area contributed by atoms with Gasteiger partial charge in [-0.3, -0.25) is 0 Å². The molecule has 5 rings (SSSR count). The van der Waals surface area contributed by atoms with E-state index in [1.807, 2.05) is 52.0 Å². The molecule has 36 heavy (non-hydrogen) atoms. The summed E-state index contributed by atoms with van der Waals surface area (Å²) in [6, 6.07) is 3.89. The average Bonchev–Trinajstić information content (AvgIpc) is 3.27. The molecule has 5 nitrogen and oxygen atoms in total. The quantitative estimate of drug-likeness (QED) is 0.424. The Labute approximate surface area is 214 Å². The summed E-state index contributed by atoms with van der Waals surface area (Å²) < 4.78 is 6.14. The van der Waals surface area contributed by atoms with Gasteiger partial charge in [-0.25, -0.2) is 4.79 Å². The molecule has 0 aliphatic heterocycles. The van der Waals surface area contributed by atoms with Gasteiger partial charge in [0, 0.05) is 11.3 Å². The summed E-state index contributed by atoms with van der Waals surface area (Å²) in [5, 5.41) is 34.7. The van der Waals surface area contributed by atoms with Crippen LogP contribution in [0.15, 0.2) is 47.6 Å². The first-order chi connectivity index (χ1) is 16.7. The minimum atomic E-state index is -1.88. The van der Waals surface area contributed by atoms with E-state index in [1.54, 1.807) is 0 Å². The Kier molecular flexibility index (Phi) is 5.58. The van der Waals surface area contributed by atoms with Crippen molar-refractivity contribution in [3.05, 3.63) is 69.8 Å². The topological polar surface area (TPSA) is 87.0 Å². The van der Waals surface area contributed by atoms with Crippen LogP contribution >= 0.6 is 0 Å². The van der Waals surface area contributed by atoms with Crippen LogP contribution in [-0.4, -0.2) is 45.7 Å². The molecule has 5 heteroatoms. The number of benzene rings is 1. The van der Waals surface area contributed by atoms with E-state index in [0.717, 1.165) is 28.7 Å². The smallest absolute Gasteiger partial charge is 0.339 e. The number of carbonyl (C=O) groups is 1. The molecule has 5 unspecified atom stereocenters. The number of allylic oxidation sites excluding steroid dienone is 1. The predicted octanol–water partition coefficient (Wildman–Crippen LogP) is 4.59.